The second-order valence-electron chi connectivity index (χ2n) is 6.02. The number of aliphatic carboxylic acids is 1. The summed E-state index contributed by atoms with van der Waals surface area (Å²) < 4.78 is 19.1. The van der Waals surface area contributed by atoms with Gasteiger partial charge in [0.15, 0.2) is 0 Å². The van der Waals surface area contributed by atoms with E-state index in [1.165, 1.54) is 6.07 Å². The topological polar surface area (TPSA) is 75.6 Å². The molecule has 0 heterocycles. The van der Waals surface area contributed by atoms with Crippen LogP contribution in [0, 0.1) is 17.7 Å². The molecule has 1 aliphatic rings. The lowest BCUT2D eigenvalue weighted by Crippen LogP contribution is -2.41. The van der Waals surface area contributed by atoms with Gasteiger partial charge in [-0.05, 0) is 43.2 Å². The summed E-state index contributed by atoms with van der Waals surface area (Å²) in [7, 11) is 0. The Bertz CT molecular complexity index is 775. The molecule has 1 fully saturated rings. The maximum absolute atomic E-state index is 13.5. The van der Waals surface area contributed by atoms with Crippen LogP contribution in [-0.4, -0.2) is 17.0 Å². The number of carbonyl (C=O) groups is 2. The largest absolute Gasteiger partial charge is 0.489 e. The summed E-state index contributed by atoms with van der Waals surface area (Å²) in [6.45, 7) is 0.112. The summed E-state index contributed by atoms with van der Waals surface area (Å²) >= 11 is 0. The molecule has 0 spiro atoms. The molecule has 0 aromatic heterocycles. The Morgan fingerprint density at radius 2 is 1.76 bits per heavy atom. The van der Waals surface area contributed by atoms with E-state index in [9.17, 15) is 14.0 Å². The average molecular weight is 343 g/mol. The Labute approximate surface area is 144 Å². The van der Waals surface area contributed by atoms with Gasteiger partial charge in [-0.15, -0.1) is 0 Å². The van der Waals surface area contributed by atoms with Gasteiger partial charge in [-0.1, -0.05) is 18.2 Å². The van der Waals surface area contributed by atoms with Crippen LogP contribution in [0.2, 0.25) is 0 Å². The number of halogens is 1. The molecule has 130 valence electrons. The van der Waals surface area contributed by atoms with Crippen LogP contribution in [0.4, 0.5) is 10.1 Å². The molecular weight excluding hydrogens is 325 g/mol. The van der Waals surface area contributed by atoms with Gasteiger partial charge < -0.3 is 15.2 Å². The molecule has 1 amide bonds. The molecular formula is C19H18FNO4. The van der Waals surface area contributed by atoms with Crippen LogP contribution in [-0.2, 0) is 16.2 Å². The third kappa shape index (κ3) is 3.96. The van der Waals surface area contributed by atoms with Gasteiger partial charge in [-0.25, -0.2) is 4.39 Å². The normalized spacial score (nSPS) is 18.9. The number of hydrogen-bond donors (Lipinski definition) is 2. The molecule has 0 radical (unpaired) electrons. The van der Waals surface area contributed by atoms with Crippen molar-refractivity contribution in [2.24, 2.45) is 11.8 Å². The van der Waals surface area contributed by atoms with E-state index in [1.807, 2.05) is 0 Å². The highest BCUT2D eigenvalue weighted by molar-refractivity contribution is 5.96. The molecule has 0 saturated heterocycles. The average Bonchev–Trinajstić information content (AvgIpc) is 2.54. The lowest BCUT2D eigenvalue weighted by Gasteiger charge is -2.31. The van der Waals surface area contributed by atoms with Gasteiger partial charge in [-0.2, -0.15) is 0 Å². The summed E-state index contributed by atoms with van der Waals surface area (Å²) in [5.74, 6) is -2.05. The van der Waals surface area contributed by atoms with Crippen molar-refractivity contribution in [3.8, 4) is 5.75 Å². The first kappa shape index (κ1) is 17.0. The van der Waals surface area contributed by atoms with Crippen LogP contribution < -0.4 is 10.1 Å². The van der Waals surface area contributed by atoms with E-state index < -0.39 is 17.8 Å². The van der Waals surface area contributed by atoms with Gasteiger partial charge in [0, 0.05) is 11.3 Å². The van der Waals surface area contributed by atoms with Crippen LogP contribution in [0.3, 0.4) is 0 Å². The highest BCUT2D eigenvalue weighted by atomic mass is 19.1. The third-order valence-corrected chi connectivity index (χ3v) is 4.40. The molecule has 0 aliphatic heterocycles. The molecule has 5 nitrogen and oxygen atoms in total. The van der Waals surface area contributed by atoms with Crippen LogP contribution in [0.1, 0.15) is 18.4 Å². The summed E-state index contributed by atoms with van der Waals surface area (Å²) in [5, 5.41) is 11.7. The van der Waals surface area contributed by atoms with Crippen molar-refractivity contribution in [3.05, 3.63) is 59.9 Å². The van der Waals surface area contributed by atoms with Crippen LogP contribution in [0.5, 0.6) is 5.75 Å². The fourth-order valence-corrected chi connectivity index (χ4v) is 2.76. The number of amides is 1. The van der Waals surface area contributed by atoms with E-state index in [4.69, 9.17) is 9.84 Å². The highest BCUT2D eigenvalue weighted by Crippen LogP contribution is 2.35. The monoisotopic (exact) mass is 343 g/mol. The molecule has 25 heavy (non-hydrogen) atoms. The fourth-order valence-electron chi connectivity index (χ4n) is 2.76. The quantitative estimate of drug-likeness (QED) is 0.842. The Morgan fingerprint density at radius 3 is 2.36 bits per heavy atom. The van der Waals surface area contributed by atoms with E-state index in [1.54, 1.807) is 42.5 Å². The Balaban J connectivity index is 1.54. The molecule has 2 N–H and O–H groups in total. The molecule has 2 unspecified atom stereocenters. The molecule has 2 aromatic carbocycles. The number of carboxylic acids is 1. The molecule has 2 aromatic rings. The smallest absolute Gasteiger partial charge is 0.307 e. The van der Waals surface area contributed by atoms with Crippen molar-refractivity contribution in [3.63, 3.8) is 0 Å². The van der Waals surface area contributed by atoms with E-state index >= 15 is 0 Å². The van der Waals surface area contributed by atoms with E-state index in [0.29, 0.717) is 29.8 Å². The Hall–Kier alpha value is -2.89. The summed E-state index contributed by atoms with van der Waals surface area (Å²) in [6, 6.07) is 13.1. The molecule has 1 saturated carbocycles. The van der Waals surface area contributed by atoms with Crippen molar-refractivity contribution in [1.82, 2.24) is 0 Å². The van der Waals surface area contributed by atoms with Crippen molar-refractivity contribution in [2.45, 2.75) is 19.4 Å². The predicted octanol–water partition coefficient (Wildman–Crippen LogP) is 3.45. The van der Waals surface area contributed by atoms with Gasteiger partial charge >= 0.3 is 5.97 Å². The van der Waals surface area contributed by atoms with Gasteiger partial charge in [0.2, 0.25) is 5.91 Å². The first-order valence-electron chi connectivity index (χ1n) is 8.04. The maximum atomic E-state index is 13.5. The summed E-state index contributed by atoms with van der Waals surface area (Å²) in [4.78, 5) is 23.1. The minimum atomic E-state index is -0.928. The SMILES string of the molecule is O=C(O)C1CCC1C(=O)Nc1ccc(OCc2ccccc2F)cc1. The number of hydrogen-bond acceptors (Lipinski definition) is 3. The summed E-state index contributed by atoms with van der Waals surface area (Å²) in [5.41, 5.74) is 1.03. The van der Waals surface area contributed by atoms with Crippen molar-refractivity contribution < 1.29 is 23.8 Å². The molecule has 1 aliphatic carbocycles. The number of anilines is 1. The minimum absolute atomic E-state index is 0.112. The zero-order valence-electron chi connectivity index (χ0n) is 13.4. The second kappa shape index (κ2) is 7.34. The molecule has 2 atom stereocenters. The fraction of sp³-hybridized carbons (Fsp3) is 0.263. The summed E-state index contributed by atoms with van der Waals surface area (Å²) in [6.07, 6.45) is 1.13. The van der Waals surface area contributed by atoms with Gasteiger partial charge in [0.25, 0.3) is 0 Å². The van der Waals surface area contributed by atoms with Crippen molar-refractivity contribution in [1.29, 1.82) is 0 Å². The third-order valence-electron chi connectivity index (χ3n) is 4.40. The van der Waals surface area contributed by atoms with E-state index in [2.05, 4.69) is 5.32 Å². The number of carboxylic acid groups (broad SMARTS) is 1. The van der Waals surface area contributed by atoms with Gasteiger partial charge in [0.1, 0.15) is 18.2 Å². The zero-order chi connectivity index (χ0) is 17.8. The van der Waals surface area contributed by atoms with Crippen LogP contribution in [0.25, 0.3) is 0 Å². The van der Waals surface area contributed by atoms with Crippen molar-refractivity contribution >= 4 is 17.6 Å². The number of nitrogens with one attached hydrogen (secondary N) is 1. The first-order valence-corrected chi connectivity index (χ1v) is 8.04. The van der Waals surface area contributed by atoms with Crippen molar-refractivity contribution in [2.75, 3.05) is 5.32 Å². The number of rotatable bonds is 6. The number of benzene rings is 2. The standard InChI is InChI=1S/C19H18FNO4/c20-17-4-2-1-3-12(17)11-25-14-7-5-13(6-8-14)21-18(22)15-9-10-16(15)19(23)24/h1-8,15-16H,9-11H2,(H,21,22)(H,23,24). The lowest BCUT2D eigenvalue weighted by molar-refractivity contribution is -0.151. The predicted molar refractivity (Wildman–Crippen MR) is 89.7 cm³/mol. The minimum Gasteiger partial charge on any atom is -0.489 e. The van der Waals surface area contributed by atoms with Crippen LogP contribution in [0.15, 0.2) is 48.5 Å². The Kier molecular flexibility index (Phi) is 4.97. The lowest BCUT2D eigenvalue weighted by atomic mass is 9.73. The second-order valence-corrected chi connectivity index (χ2v) is 6.02. The zero-order valence-corrected chi connectivity index (χ0v) is 13.4. The number of carbonyl (C=O) groups excluding carboxylic acids is 1. The molecule has 0 bridgehead atoms. The van der Waals surface area contributed by atoms with Gasteiger partial charge in [-0.3, -0.25) is 9.59 Å². The number of ether oxygens (including phenoxy) is 1. The molecule has 3 rings (SSSR count). The van der Waals surface area contributed by atoms with E-state index in [-0.39, 0.29) is 18.3 Å². The van der Waals surface area contributed by atoms with E-state index in [0.717, 1.165) is 0 Å². The van der Waals surface area contributed by atoms with Gasteiger partial charge in [0.05, 0.1) is 11.8 Å². The maximum Gasteiger partial charge on any atom is 0.307 e. The highest BCUT2D eigenvalue weighted by Gasteiger charge is 2.41. The first-order chi connectivity index (χ1) is 12.0. The van der Waals surface area contributed by atoms with Crippen LogP contribution >= 0.6 is 0 Å². The Morgan fingerprint density at radius 1 is 1.08 bits per heavy atom. The molecule has 6 heteroatoms.